The molecule has 1 atom stereocenters. The zero-order valence-corrected chi connectivity index (χ0v) is 13.9. The van der Waals surface area contributed by atoms with Gasteiger partial charge in [0.2, 0.25) is 0 Å². The fourth-order valence-corrected chi connectivity index (χ4v) is 3.02. The van der Waals surface area contributed by atoms with E-state index in [9.17, 15) is 0 Å². The van der Waals surface area contributed by atoms with Gasteiger partial charge in [-0.15, -0.1) is 5.73 Å². The van der Waals surface area contributed by atoms with Crippen molar-refractivity contribution in [2.24, 2.45) is 4.99 Å². The molecule has 0 fully saturated rings. The summed E-state index contributed by atoms with van der Waals surface area (Å²) in [7, 11) is 1.69. The Bertz CT molecular complexity index is 808. The molecule has 1 unspecified atom stereocenters. The van der Waals surface area contributed by atoms with Gasteiger partial charge in [0.15, 0.2) is 0 Å². The second-order valence-corrected chi connectivity index (χ2v) is 5.93. The summed E-state index contributed by atoms with van der Waals surface area (Å²) in [5.74, 6) is 1.24. The zero-order valence-electron chi connectivity index (χ0n) is 13.9. The van der Waals surface area contributed by atoms with Crippen molar-refractivity contribution in [2.45, 2.75) is 26.2 Å². The highest BCUT2D eigenvalue weighted by Crippen LogP contribution is 2.39. The Hall–Kier alpha value is -2.57. The third-order valence-corrected chi connectivity index (χ3v) is 4.50. The van der Waals surface area contributed by atoms with Crippen molar-refractivity contribution in [2.75, 3.05) is 7.11 Å². The van der Waals surface area contributed by atoms with Gasteiger partial charge in [-0.25, -0.2) is 0 Å². The maximum absolute atomic E-state index is 5.23. The van der Waals surface area contributed by atoms with Crippen LogP contribution in [-0.2, 0) is 6.42 Å². The van der Waals surface area contributed by atoms with Crippen LogP contribution in [0.3, 0.4) is 0 Å². The van der Waals surface area contributed by atoms with Gasteiger partial charge in [0.25, 0.3) is 0 Å². The van der Waals surface area contributed by atoms with E-state index < -0.39 is 0 Å². The summed E-state index contributed by atoms with van der Waals surface area (Å²) in [6, 6.07) is 14.8. The Kier molecular flexibility index (Phi) is 4.18. The van der Waals surface area contributed by atoms with Crippen molar-refractivity contribution >= 4 is 17.0 Å². The van der Waals surface area contributed by atoms with E-state index in [4.69, 9.17) is 9.73 Å². The number of hydrogen-bond donors (Lipinski definition) is 0. The topological polar surface area (TPSA) is 21.6 Å². The molecule has 0 bridgehead atoms. The van der Waals surface area contributed by atoms with Gasteiger partial charge in [-0.2, -0.15) is 0 Å². The van der Waals surface area contributed by atoms with E-state index in [1.165, 1.54) is 16.8 Å². The lowest BCUT2D eigenvalue weighted by Crippen LogP contribution is -2.08. The molecule has 0 aliphatic carbocycles. The number of aliphatic imine (C=N–C) groups is 1. The first-order valence-electron chi connectivity index (χ1n) is 7.81. The summed E-state index contributed by atoms with van der Waals surface area (Å²) in [5, 5.41) is 0. The van der Waals surface area contributed by atoms with Crippen molar-refractivity contribution in [3.05, 3.63) is 71.5 Å². The number of fused-ring (bicyclic) bond motifs is 1. The van der Waals surface area contributed by atoms with Gasteiger partial charge >= 0.3 is 0 Å². The minimum Gasteiger partial charge on any atom is -0.497 e. The van der Waals surface area contributed by atoms with Crippen molar-refractivity contribution < 1.29 is 4.74 Å². The van der Waals surface area contributed by atoms with Crippen LogP contribution in [0.5, 0.6) is 5.75 Å². The third-order valence-electron chi connectivity index (χ3n) is 4.50. The molecule has 23 heavy (non-hydrogen) atoms. The molecule has 116 valence electrons. The molecule has 2 nitrogen and oxygen atoms in total. The molecule has 1 aliphatic heterocycles. The highest BCUT2D eigenvalue weighted by Gasteiger charge is 2.24. The van der Waals surface area contributed by atoms with E-state index in [0.29, 0.717) is 5.92 Å². The molecule has 1 heterocycles. The molecule has 0 saturated carbocycles. The van der Waals surface area contributed by atoms with Crippen molar-refractivity contribution in [3.63, 3.8) is 0 Å². The smallest absolute Gasteiger partial charge is 0.118 e. The van der Waals surface area contributed by atoms with Gasteiger partial charge in [0.05, 0.1) is 12.8 Å². The number of rotatable bonds is 4. The monoisotopic (exact) mass is 303 g/mol. The fraction of sp³-hybridized carbons (Fsp3) is 0.238. The molecule has 0 amide bonds. The molecule has 0 N–H and O–H groups in total. The Balaban J connectivity index is 1.88. The lowest BCUT2D eigenvalue weighted by Gasteiger charge is -2.13. The van der Waals surface area contributed by atoms with Gasteiger partial charge in [-0.1, -0.05) is 30.8 Å². The van der Waals surface area contributed by atoms with Gasteiger partial charge in [0.1, 0.15) is 5.75 Å². The van der Waals surface area contributed by atoms with Crippen LogP contribution >= 0.6 is 0 Å². The highest BCUT2D eigenvalue weighted by atomic mass is 16.5. The van der Waals surface area contributed by atoms with Gasteiger partial charge in [-0.05, 0) is 60.7 Å². The van der Waals surface area contributed by atoms with Gasteiger partial charge in [-0.3, -0.25) is 4.99 Å². The number of hydrogen-bond acceptors (Lipinski definition) is 2. The SMILES string of the molecule is C=C=C(C)c1ccc2c(c1)N=C(C)C2Cc1ccc(OC)cc1. The summed E-state index contributed by atoms with van der Waals surface area (Å²) < 4.78 is 5.23. The molecule has 0 spiro atoms. The summed E-state index contributed by atoms with van der Waals surface area (Å²) >= 11 is 0. The minimum atomic E-state index is 0.348. The molecule has 1 aliphatic rings. The van der Waals surface area contributed by atoms with Crippen molar-refractivity contribution in [1.82, 2.24) is 0 Å². The Morgan fingerprint density at radius 3 is 2.61 bits per heavy atom. The quantitative estimate of drug-likeness (QED) is 0.701. The first-order chi connectivity index (χ1) is 11.1. The molecule has 0 radical (unpaired) electrons. The van der Waals surface area contributed by atoms with Crippen LogP contribution in [0.4, 0.5) is 5.69 Å². The third kappa shape index (κ3) is 2.99. The maximum atomic E-state index is 5.23. The summed E-state index contributed by atoms with van der Waals surface area (Å²) in [6.45, 7) is 7.86. The molecule has 0 saturated heterocycles. The van der Waals surface area contributed by atoms with E-state index in [1.54, 1.807) is 7.11 Å². The second kappa shape index (κ2) is 6.28. The number of ether oxygens (including phenoxy) is 1. The fourth-order valence-electron chi connectivity index (χ4n) is 3.02. The summed E-state index contributed by atoms with van der Waals surface area (Å²) in [5.41, 5.74) is 10.00. The largest absolute Gasteiger partial charge is 0.497 e. The predicted octanol–water partition coefficient (Wildman–Crippen LogP) is 5.32. The Morgan fingerprint density at radius 2 is 1.96 bits per heavy atom. The average Bonchev–Trinajstić information content (AvgIpc) is 2.89. The lowest BCUT2D eigenvalue weighted by atomic mass is 9.89. The maximum Gasteiger partial charge on any atom is 0.118 e. The molecule has 2 heteroatoms. The normalized spacial score (nSPS) is 15.6. The van der Waals surface area contributed by atoms with Crippen molar-refractivity contribution in [1.29, 1.82) is 0 Å². The minimum absolute atomic E-state index is 0.348. The summed E-state index contributed by atoms with van der Waals surface area (Å²) in [6.07, 6.45) is 0.960. The average molecular weight is 303 g/mol. The number of benzene rings is 2. The van der Waals surface area contributed by atoms with Crippen LogP contribution in [0.25, 0.3) is 5.57 Å². The van der Waals surface area contributed by atoms with E-state index in [1.807, 2.05) is 19.1 Å². The lowest BCUT2D eigenvalue weighted by molar-refractivity contribution is 0.414. The zero-order chi connectivity index (χ0) is 16.4. The van der Waals surface area contributed by atoms with E-state index in [0.717, 1.165) is 29.0 Å². The van der Waals surface area contributed by atoms with Crippen LogP contribution in [0.2, 0.25) is 0 Å². The van der Waals surface area contributed by atoms with E-state index in [2.05, 4.69) is 49.6 Å². The molecule has 2 aromatic rings. The van der Waals surface area contributed by atoms with E-state index in [-0.39, 0.29) is 0 Å². The number of nitrogens with zero attached hydrogens (tertiary/aromatic N) is 1. The number of allylic oxidation sites excluding steroid dienone is 1. The predicted molar refractivity (Wildman–Crippen MR) is 96.9 cm³/mol. The standard InChI is InChI=1S/C21H21NO/c1-5-14(2)17-8-11-19-20(15(3)22-21(19)13-17)12-16-6-9-18(23-4)10-7-16/h6-11,13,20H,1,12H2,2-4H3. The number of methoxy groups -OCH3 is 1. The molecule has 2 aromatic carbocycles. The Labute approximate surface area is 137 Å². The van der Waals surface area contributed by atoms with E-state index >= 15 is 0 Å². The van der Waals surface area contributed by atoms with Crippen molar-refractivity contribution in [3.8, 4) is 5.75 Å². The Morgan fingerprint density at radius 1 is 1.22 bits per heavy atom. The van der Waals surface area contributed by atoms with Crippen LogP contribution in [0.1, 0.15) is 36.5 Å². The summed E-state index contributed by atoms with van der Waals surface area (Å²) in [4.78, 5) is 4.77. The van der Waals surface area contributed by atoms with Crippen LogP contribution in [0, 0.1) is 0 Å². The second-order valence-electron chi connectivity index (χ2n) is 5.93. The first kappa shape index (κ1) is 15.3. The molecule has 0 aromatic heterocycles. The first-order valence-corrected chi connectivity index (χ1v) is 7.81. The van der Waals surface area contributed by atoms with Gasteiger partial charge < -0.3 is 4.74 Å². The van der Waals surface area contributed by atoms with Crippen LogP contribution in [0.15, 0.2) is 59.8 Å². The molecular formula is C21H21NO. The molecule has 3 rings (SSSR count). The van der Waals surface area contributed by atoms with Crippen LogP contribution in [-0.4, -0.2) is 12.8 Å². The highest BCUT2D eigenvalue weighted by molar-refractivity contribution is 5.97. The molecular weight excluding hydrogens is 282 g/mol. The van der Waals surface area contributed by atoms with Gasteiger partial charge in [0, 0.05) is 11.6 Å². The van der Waals surface area contributed by atoms with Crippen LogP contribution < -0.4 is 4.74 Å².